The van der Waals surface area contributed by atoms with Gasteiger partial charge < -0.3 is 16.4 Å². The maximum absolute atomic E-state index is 6.79. The number of allylic oxidation sites excluding steroid dienone is 1. The summed E-state index contributed by atoms with van der Waals surface area (Å²) >= 11 is 0. The standard InChI is InChI=1S/C48H57N3/c1-5-15-46(51-37(3)23-25-39-18-11-7-12-19-39)34-44-32-42(29-28-41(44)27-26-40-20-13-8-14-21-40)43-30-31-48(50-4)45(33-43)35-47(49)36(2)22-24-38-16-9-6-10-17-38/h6-14,16-21,28-33,46-47,50-51H,2-3,5,15,22-27,34-35,49H2,1,4H3. The molecule has 0 aromatic heterocycles. The molecule has 0 saturated heterocycles. The predicted octanol–water partition coefficient (Wildman–Crippen LogP) is 10.7. The van der Waals surface area contributed by atoms with Gasteiger partial charge in [0.2, 0.25) is 0 Å². The van der Waals surface area contributed by atoms with Crippen LogP contribution in [0.25, 0.3) is 11.1 Å². The largest absolute Gasteiger partial charge is 0.388 e. The average molecular weight is 676 g/mol. The molecule has 2 atom stereocenters. The highest BCUT2D eigenvalue weighted by Gasteiger charge is 2.16. The zero-order valence-electron chi connectivity index (χ0n) is 30.8. The Labute approximate surface area is 307 Å². The van der Waals surface area contributed by atoms with Crippen molar-refractivity contribution in [3.05, 3.63) is 185 Å². The van der Waals surface area contributed by atoms with Crippen LogP contribution in [0.3, 0.4) is 0 Å². The van der Waals surface area contributed by atoms with E-state index in [1.807, 2.05) is 7.05 Å². The van der Waals surface area contributed by atoms with Gasteiger partial charge >= 0.3 is 0 Å². The molecule has 0 radical (unpaired) electrons. The lowest BCUT2D eigenvalue weighted by Crippen LogP contribution is -2.30. The van der Waals surface area contributed by atoms with Gasteiger partial charge in [0.05, 0.1) is 0 Å². The molecule has 2 unspecified atom stereocenters. The topological polar surface area (TPSA) is 50.1 Å². The van der Waals surface area contributed by atoms with E-state index in [-0.39, 0.29) is 6.04 Å². The molecule has 0 aliphatic carbocycles. The SMILES string of the molecule is C=C(CCc1ccccc1)NC(CCC)Cc1cc(-c2ccc(NC)c(CC(N)C(=C)CCc3ccccc3)c2)ccc1CCc1ccccc1. The van der Waals surface area contributed by atoms with E-state index in [1.165, 1.54) is 44.5 Å². The molecule has 0 fully saturated rings. The second kappa shape index (κ2) is 19.5. The molecule has 3 heteroatoms. The van der Waals surface area contributed by atoms with E-state index in [4.69, 9.17) is 5.73 Å². The number of hydrogen-bond acceptors (Lipinski definition) is 3. The smallest absolute Gasteiger partial charge is 0.0371 e. The van der Waals surface area contributed by atoms with Crippen LogP contribution in [-0.4, -0.2) is 19.1 Å². The van der Waals surface area contributed by atoms with Crippen molar-refractivity contribution < 1.29 is 0 Å². The van der Waals surface area contributed by atoms with Crippen molar-refractivity contribution >= 4 is 5.69 Å². The van der Waals surface area contributed by atoms with Crippen LogP contribution in [-0.2, 0) is 38.5 Å². The van der Waals surface area contributed by atoms with Crippen molar-refractivity contribution in [3.63, 3.8) is 0 Å². The first-order valence-electron chi connectivity index (χ1n) is 18.8. The maximum atomic E-state index is 6.79. The van der Waals surface area contributed by atoms with Crippen molar-refractivity contribution in [3.8, 4) is 11.1 Å². The molecular weight excluding hydrogens is 619 g/mol. The summed E-state index contributed by atoms with van der Waals surface area (Å²) in [6.07, 6.45) is 9.74. The molecule has 0 heterocycles. The quantitative estimate of drug-likeness (QED) is 0.0720. The number of hydrogen-bond donors (Lipinski definition) is 3. The number of rotatable bonds is 20. The fraction of sp³-hybridized carbons (Fsp3) is 0.292. The molecule has 0 bridgehead atoms. The van der Waals surface area contributed by atoms with Crippen LogP contribution in [0.1, 0.15) is 66.0 Å². The molecule has 5 aromatic carbocycles. The number of aryl methyl sites for hydroxylation is 4. The monoisotopic (exact) mass is 675 g/mol. The number of benzene rings is 5. The second-order valence-corrected chi connectivity index (χ2v) is 14.0. The molecule has 51 heavy (non-hydrogen) atoms. The molecule has 3 nitrogen and oxygen atoms in total. The summed E-state index contributed by atoms with van der Waals surface area (Å²) in [7, 11) is 1.99. The normalized spacial score (nSPS) is 12.2. The molecule has 0 aliphatic heterocycles. The van der Waals surface area contributed by atoms with Crippen molar-refractivity contribution in [2.75, 3.05) is 12.4 Å². The third kappa shape index (κ3) is 11.6. The Kier molecular flexibility index (Phi) is 14.3. The Morgan fingerprint density at radius 1 is 0.608 bits per heavy atom. The van der Waals surface area contributed by atoms with Crippen LogP contribution in [0.15, 0.2) is 152 Å². The van der Waals surface area contributed by atoms with E-state index in [2.05, 4.69) is 158 Å². The lowest BCUT2D eigenvalue weighted by atomic mass is 9.89. The Bertz CT molecular complexity index is 1810. The minimum Gasteiger partial charge on any atom is -0.388 e. The molecule has 0 amide bonds. The average Bonchev–Trinajstić information content (AvgIpc) is 3.17. The zero-order valence-corrected chi connectivity index (χ0v) is 30.8. The van der Waals surface area contributed by atoms with Crippen LogP contribution in [0.4, 0.5) is 5.69 Å². The highest BCUT2D eigenvalue weighted by Crippen LogP contribution is 2.30. The van der Waals surface area contributed by atoms with Gasteiger partial charge in [-0.25, -0.2) is 0 Å². The Hall–Kier alpha value is -4.86. The summed E-state index contributed by atoms with van der Waals surface area (Å²) in [5.41, 5.74) is 20.7. The van der Waals surface area contributed by atoms with Crippen LogP contribution in [0.5, 0.6) is 0 Å². The Balaban J connectivity index is 1.35. The highest BCUT2D eigenvalue weighted by atomic mass is 14.9. The number of nitrogens with one attached hydrogen (secondary N) is 2. The summed E-state index contributed by atoms with van der Waals surface area (Å²) in [6.45, 7) is 11.1. The van der Waals surface area contributed by atoms with Gasteiger partial charge in [-0.3, -0.25) is 0 Å². The molecular formula is C48H57N3. The van der Waals surface area contributed by atoms with Gasteiger partial charge in [0.1, 0.15) is 0 Å². The predicted molar refractivity (Wildman–Crippen MR) is 220 cm³/mol. The summed E-state index contributed by atoms with van der Waals surface area (Å²) < 4.78 is 0. The van der Waals surface area contributed by atoms with Crippen molar-refractivity contribution in [1.82, 2.24) is 5.32 Å². The number of nitrogens with two attached hydrogens (primary N) is 1. The minimum atomic E-state index is -0.108. The Morgan fingerprint density at radius 2 is 1.16 bits per heavy atom. The highest BCUT2D eigenvalue weighted by molar-refractivity contribution is 5.70. The lowest BCUT2D eigenvalue weighted by molar-refractivity contribution is 0.506. The van der Waals surface area contributed by atoms with Gasteiger partial charge in [0, 0.05) is 30.5 Å². The molecule has 0 aliphatic rings. The summed E-state index contributed by atoms with van der Waals surface area (Å²) in [5.74, 6) is 0. The number of anilines is 1. The van der Waals surface area contributed by atoms with E-state index in [0.29, 0.717) is 6.04 Å². The third-order valence-electron chi connectivity index (χ3n) is 10.1. The fourth-order valence-corrected chi connectivity index (χ4v) is 7.01. The summed E-state index contributed by atoms with van der Waals surface area (Å²) in [4.78, 5) is 0. The van der Waals surface area contributed by atoms with Gasteiger partial charge in [-0.15, -0.1) is 0 Å². The van der Waals surface area contributed by atoms with E-state index < -0.39 is 0 Å². The third-order valence-corrected chi connectivity index (χ3v) is 10.1. The van der Waals surface area contributed by atoms with E-state index >= 15 is 0 Å². The van der Waals surface area contributed by atoms with Crippen molar-refractivity contribution in [1.29, 1.82) is 0 Å². The fourth-order valence-electron chi connectivity index (χ4n) is 7.01. The van der Waals surface area contributed by atoms with Gasteiger partial charge in [0.25, 0.3) is 0 Å². The van der Waals surface area contributed by atoms with Gasteiger partial charge in [-0.05, 0) is 114 Å². The van der Waals surface area contributed by atoms with E-state index in [1.54, 1.807) is 0 Å². The van der Waals surface area contributed by atoms with E-state index in [0.717, 1.165) is 81.2 Å². The molecule has 264 valence electrons. The zero-order chi connectivity index (χ0) is 35.8. The summed E-state index contributed by atoms with van der Waals surface area (Å²) in [6, 6.07) is 46.2. The first kappa shape index (κ1) is 37.4. The minimum absolute atomic E-state index is 0.108. The van der Waals surface area contributed by atoms with Crippen molar-refractivity contribution in [2.45, 2.75) is 83.2 Å². The van der Waals surface area contributed by atoms with Gasteiger partial charge in [0.15, 0.2) is 0 Å². The lowest BCUT2D eigenvalue weighted by Gasteiger charge is -2.23. The van der Waals surface area contributed by atoms with Crippen LogP contribution < -0.4 is 16.4 Å². The maximum Gasteiger partial charge on any atom is 0.0371 e. The molecule has 4 N–H and O–H groups in total. The molecule has 0 spiro atoms. The van der Waals surface area contributed by atoms with Crippen molar-refractivity contribution in [2.24, 2.45) is 5.73 Å². The van der Waals surface area contributed by atoms with Crippen LogP contribution in [0, 0.1) is 0 Å². The molecule has 0 saturated carbocycles. The first-order valence-corrected chi connectivity index (χ1v) is 18.8. The first-order chi connectivity index (χ1) is 24.9. The second-order valence-electron chi connectivity index (χ2n) is 14.0. The Morgan fingerprint density at radius 3 is 1.75 bits per heavy atom. The molecule has 5 aromatic rings. The van der Waals surface area contributed by atoms with Gasteiger partial charge in [-0.2, -0.15) is 0 Å². The van der Waals surface area contributed by atoms with Gasteiger partial charge in [-0.1, -0.05) is 147 Å². The van der Waals surface area contributed by atoms with Crippen LogP contribution in [0.2, 0.25) is 0 Å². The summed E-state index contributed by atoms with van der Waals surface area (Å²) in [5, 5.41) is 7.26. The molecule has 5 rings (SSSR count). The van der Waals surface area contributed by atoms with E-state index in [9.17, 15) is 0 Å². The van der Waals surface area contributed by atoms with Crippen LogP contribution >= 0.6 is 0 Å².